The highest BCUT2D eigenvalue weighted by atomic mass is 16.1. The summed E-state index contributed by atoms with van der Waals surface area (Å²) in [6.45, 7) is 1.40. The summed E-state index contributed by atoms with van der Waals surface area (Å²) < 4.78 is 2.03. The number of carbonyl (C=O) groups excluding carboxylic acids is 1. The predicted molar refractivity (Wildman–Crippen MR) is 65.4 cm³/mol. The smallest absolute Gasteiger partial charge is 0.251 e. The molecule has 1 N–H and O–H groups in total. The third-order valence-corrected chi connectivity index (χ3v) is 2.47. The molecular formula is C14H15N2O+. The first-order valence-corrected chi connectivity index (χ1v) is 5.63. The van der Waals surface area contributed by atoms with Crippen molar-refractivity contribution in [1.82, 2.24) is 5.32 Å². The van der Waals surface area contributed by atoms with Gasteiger partial charge >= 0.3 is 0 Å². The molecule has 1 amide bonds. The number of rotatable bonds is 4. The van der Waals surface area contributed by atoms with Crippen molar-refractivity contribution in [2.45, 2.75) is 6.54 Å². The van der Waals surface area contributed by atoms with Gasteiger partial charge in [-0.3, -0.25) is 4.79 Å². The van der Waals surface area contributed by atoms with E-state index in [-0.39, 0.29) is 5.91 Å². The Kier molecular flexibility index (Phi) is 3.86. The number of carbonyl (C=O) groups is 1. The van der Waals surface area contributed by atoms with Crippen molar-refractivity contribution in [3.8, 4) is 0 Å². The Balaban J connectivity index is 1.82. The first kappa shape index (κ1) is 11.3. The molecule has 2 rings (SSSR count). The molecule has 0 aliphatic heterocycles. The summed E-state index contributed by atoms with van der Waals surface area (Å²) in [4.78, 5) is 11.7. The number of nitrogens with zero attached hydrogens (tertiary/aromatic N) is 1. The fourth-order valence-corrected chi connectivity index (χ4v) is 1.57. The topological polar surface area (TPSA) is 33.0 Å². The first-order valence-electron chi connectivity index (χ1n) is 5.63. The standard InChI is InChI=1S/C14H14N2O/c17-14(13-7-3-1-4-8-13)15-9-12-16-10-5-2-6-11-16/h1-8,10-11H,9,12H2/p+1. The second-order valence-electron chi connectivity index (χ2n) is 3.74. The molecule has 0 unspecified atom stereocenters. The number of aromatic nitrogens is 1. The maximum absolute atomic E-state index is 11.7. The molecular weight excluding hydrogens is 212 g/mol. The van der Waals surface area contributed by atoms with Crippen LogP contribution in [0.1, 0.15) is 10.4 Å². The molecule has 1 aromatic carbocycles. The minimum absolute atomic E-state index is 0.0258. The highest BCUT2D eigenvalue weighted by molar-refractivity contribution is 5.94. The molecule has 86 valence electrons. The van der Waals surface area contributed by atoms with Crippen LogP contribution in [0.25, 0.3) is 0 Å². The summed E-state index contributed by atoms with van der Waals surface area (Å²) in [7, 11) is 0. The largest absolute Gasteiger partial charge is 0.346 e. The quantitative estimate of drug-likeness (QED) is 0.787. The van der Waals surface area contributed by atoms with Gasteiger partial charge < -0.3 is 5.32 Å². The van der Waals surface area contributed by atoms with Crippen LogP contribution in [0, 0.1) is 0 Å². The fraction of sp³-hybridized carbons (Fsp3) is 0.143. The van der Waals surface area contributed by atoms with E-state index in [9.17, 15) is 4.79 Å². The van der Waals surface area contributed by atoms with Gasteiger partial charge in [0, 0.05) is 17.7 Å². The molecule has 0 aliphatic rings. The molecule has 17 heavy (non-hydrogen) atoms. The fourth-order valence-electron chi connectivity index (χ4n) is 1.57. The van der Waals surface area contributed by atoms with Crippen molar-refractivity contribution in [2.75, 3.05) is 6.54 Å². The molecule has 0 radical (unpaired) electrons. The van der Waals surface area contributed by atoms with Gasteiger partial charge in [0.25, 0.3) is 5.91 Å². The van der Waals surface area contributed by atoms with Gasteiger partial charge in [-0.1, -0.05) is 24.3 Å². The zero-order valence-electron chi connectivity index (χ0n) is 9.54. The Morgan fingerprint density at radius 1 is 1.00 bits per heavy atom. The molecule has 3 nitrogen and oxygen atoms in total. The van der Waals surface area contributed by atoms with Crippen LogP contribution < -0.4 is 9.88 Å². The van der Waals surface area contributed by atoms with E-state index in [2.05, 4.69) is 5.32 Å². The summed E-state index contributed by atoms with van der Waals surface area (Å²) in [6.07, 6.45) is 3.96. The summed E-state index contributed by atoms with van der Waals surface area (Å²) >= 11 is 0. The summed E-state index contributed by atoms with van der Waals surface area (Å²) in [5.41, 5.74) is 0.700. The number of benzene rings is 1. The Morgan fingerprint density at radius 3 is 2.35 bits per heavy atom. The number of hydrogen-bond donors (Lipinski definition) is 1. The van der Waals surface area contributed by atoms with Gasteiger partial charge in [-0.05, 0) is 12.1 Å². The number of nitrogens with one attached hydrogen (secondary N) is 1. The minimum Gasteiger partial charge on any atom is -0.346 e. The van der Waals surface area contributed by atoms with E-state index in [1.165, 1.54) is 0 Å². The average Bonchev–Trinajstić information content (AvgIpc) is 2.41. The van der Waals surface area contributed by atoms with Gasteiger partial charge in [0.1, 0.15) is 0 Å². The van der Waals surface area contributed by atoms with Gasteiger partial charge in [-0.2, -0.15) is 0 Å². The van der Waals surface area contributed by atoms with Crippen molar-refractivity contribution in [3.05, 3.63) is 66.5 Å². The third-order valence-electron chi connectivity index (χ3n) is 2.47. The van der Waals surface area contributed by atoms with Crippen LogP contribution in [0.3, 0.4) is 0 Å². The third kappa shape index (κ3) is 3.41. The maximum Gasteiger partial charge on any atom is 0.251 e. The number of pyridine rings is 1. The van der Waals surface area contributed by atoms with E-state index in [1.807, 2.05) is 65.5 Å². The Hall–Kier alpha value is -2.16. The van der Waals surface area contributed by atoms with Crippen molar-refractivity contribution < 1.29 is 9.36 Å². The molecule has 1 aromatic heterocycles. The van der Waals surface area contributed by atoms with E-state index < -0.39 is 0 Å². The van der Waals surface area contributed by atoms with Crippen LogP contribution in [0.4, 0.5) is 0 Å². The van der Waals surface area contributed by atoms with Gasteiger partial charge in [-0.25, -0.2) is 4.57 Å². The van der Waals surface area contributed by atoms with Crippen LogP contribution in [0.15, 0.2) is 60.9 Å². The predicted octanol–water partition coefficient (Wildman–Crippen LogP) is 1.40. The Morgan fingerprint density at radius 2 is 1.65 bits per heavy atom. The monoisotopic (exact) mass is 227 g/mol. The minimum atomic E-state index is -0.0258. The van der Waals surface area contributed by atoms with E-state index in [4.69, 9.17) is 0 Å². The summed E-state index contributed by atoms with van der Waals surface area (Å²) in [6, 6.07) is 15.2. The van der Waals surface area contributed by atoms with Crippen LogP contribution in [0.5, 0.6) is 0 Å². The second kappa shape index (κ2) is 5.80. The van der Waals surface area contributed by atoms with Crippen LogP contribution in [-0.4, -0.2) is 12.5 Å². The summed E-state index contributed by atoms with van der Waals surface area (Å²) in [5, 5.41) is 2.89. The molecule has 1 heterocycles. The van der Waals surface area contributed by atoms with Crippen LogP contribution in [0.2, 0.25) is 0 Å². The van der Waals surface area contributed by atoms with Crippen LogP contribution in [-0.2, 0) is 6.54 Å². The Bertz CT molecular complexity index is 468. The van der Waals surface area contributed by atoms with E-state index >= 15 is 0 Å². The van der Waals surface area contributed by atoms with Crippen molar-refractivity contribution in [3.63, 3.8) is 0 Å². The van der Waals surface area contributed by atoms with Crippen LogP contribution >= 0.6 is 0 Å². The van der Waals surface area contributed by atoms with Gasteiger partial charge in [0.2, 0.25) is 0 Å². The van der Waals surface area contributed by atoms with Gasteiger partial charge in [-0.15, -0.1) is 0 Å². The lowest BCUT2D eigenvalue weighted by Gasteiger charge is -2.02. The highest BCUT2D eigenvalue weighted by Crippen LogP contribution is 1.97. The van der Waals surface area contributed by atoms with Gasteiger partial charge in [0.15, 0.2) is 18.9 Å². The molecule has 0 atom stereocenters. The average molecular weight is 227 g/mol. The van der Waals surface area contributed by atoms with Crippen molar-refractivity contribution in [2.24, 2.45) is 0 Å². The van der Waals surface area contributed by atoms with E-state index in [0.29, 0.717) is 12.1 Å². The summed E-state index contributed by atoms with van der Waals surface area (Å²) in [5.74, 6) is -0.0258. The lowest BCUT2D eigenvalue weighted by atomic mass is 10.2. The second-order valence-corrected chi connectivity index (χ2v) is 3.74. The molecule has 0 saturated carbocycles. The normalized spacial score (nSPS) is 9.88. The van der Waals surface area contributed by atoms with Crippen molar-refractivity contribution in [1.29, 1.82) is 0 Å². The van der Waals surface area contributed by atoms with E-state index in [0.717, 1.165) is 6.54 Å². The molecule has 0 bridgehead atoms. The Labute approximate surface area is 101 Å². The molecule has 2 aromatic rings. The maximum atomic E-state index is 11.7. The zero-order chi connectivity index (χ0) is 11.9. The molecule has 0 fully saturated rings. The highest BCUT2D eigenvalue weighted by Gasteiger charge is 2.04. The lowest BCUT2D eigenvalue weighted by Crippen LogP contribution is -2.39. The molecule has 0 aliphatic carbocycles. The number of amides is 1. The number of hydrogen-bond acceptors (Lipinski definition) is 1. The lowest BCUT2D eigenvalue weighted by molar-refractivity contribution is -0.694. The molecule has 0 saturated heterocycles. The van der Waals surface area contributed by atoms with E-state index in [1.54, 1.807) is 0 Å². The zero-order valence-corrected chi connectivity index (χ0v) is 9.54. The SMILES string of the molecule is O=C(NCC[n+]1ccccc1)c1ccccc1. The molecule has 0 spiro atoms. The van der Waals surface area contributed by atoms with Crippen molar-refractivity contribution >= 4 is 5.91 Å². The first-order chi connectivity index (χ1) is 8.36. The van der Waals surface area contributed by atoms with Gasteiger partial charge in [0.05, 0.1) is 6.54 Å². The molecule has 3 heteroatoms.